The van der Waals surface area contributed by atoms with Gasteiger partial charge in [0.2, 0.25) is 5.13 Å². The van der Waals surface area contributed by atoms with E-state index in [-0.39, 0.29) is 5.11 Å². The van der Waals surface area contributed by atoms with Crippen molar-refractivity contribution in [2.45, 2.75) is 0 Å². The Hall–Kier alpha value is -1.94. The van der Waals surface area contributed by atoms with Gasteiger partial charge in [-0.3, -0.25) is 10.2 Å². The quantitative estimate of drug-likeness (QED) is 0.442. The lowest BCUT2D eigenvalue weighted by Crippen LogP contribution is -2.49. The van der Waals surface area contributed by atoms with Crippen LogP contribution in [0.3, 0.4) is 0 Å². The molecule has 1 amide bonds. The molecule has 1 aromatic heterocycles. The number of aromatic nitrogens is 1. The van der Waals surface area contributed by atoms with Gasteiger partial charge >= 0.3 is 0 Å². The van der Waals surface area contributed by atoms with Crippen molar-refractivity contribution in [2.75, 3.05) is 12.1 Å². The third kappa shape index (κ3) is 3.75. The highest BCUT2D eigenvalue weighted by Crippen LogP contribution is 2.33. The zero-order valence-corrected chi connectivity index (χ0v) is 17.3. The summed E-state index contributed by atoms with van der Waals surface area (Å²) in [5.41, 5.74) is 9.51. The number of hydrogen-bond acceptors (Lipinski definition) is 5. The maximum atomic E-state index is 12.6. The lowest BCUT2D eigenvalue weighted by atomic mass is 10.2. The number of hydrazine groups is 1. The van der Waals surface area contributed by atoms with Crippen molar-refractivity contribution >= 4 is 77.5 Å². The number of thiazole rings is 1. The Kier molecular flexibility index (Phi) is 5.61. The number of thiocarbonyl (C=S) groups is 1. The van der Waals surface area contributed by atoms with Crippen molar-refractivity contribution in [2.24, 2.45) is 5.73 Å². The number of fused-ring (bicyclic) bond motifs is 1. The third-order valence-corrected chi connectivity index (χ3v) is 5.47. The molecule has 0 aliphatic carbocycles. The standard InChI is InChI=1S/C16H12BrClN4O2S2/c1-24-11-3-2-4-12-13(11)20-16(26-12)22(15(19)25)21-14(23)9-6-5-8(18)7-10(9)17/h2-7H,1H3,(H2,19,25)(H,21,23). The minimum atomic E-state index is -0.410. The fourth-order valence-electron chi connectivity index (χ4n) is 2.20. The Balaban J connectivity index is 1.95. The molecule has 3 N–H and O–H groups in total. The highest BCUT2D eigenvalue weighted by molar-refractivity contribution is 9.10. The molecule has 0 fully saturated rings. The molecule has 6 nitrogen and oxygen atoms in total. The van der Waals surface area contributed by atoms with Crippen LogP contribution in [-0.4, -0.2) is 23.1 Å². The van der Waals surface area contributed by atoms with Gasteiger partial charge in [-0.05, 0) is 58.5 Å². The summed E-state index contributed by atoms with van der Waals surface area (Å²) in [5, 5.41) is 2.16. The molecular weight excluding hydrogens is 460 g/mol. The number of carbonyl (C=O) groups is 1. The molecule has 0 unspecified atom stereocenters. The van der Waals surface area contributed by atoms with Crippen LogP contribution >= 0.6 is 51.1 Å². The zero-order chi connectivity index (χ0) is 18.8. The average Bonchev–Trinajstić information content (AvgIpc) is 3.02. The second-order valence-electron chi connectivity index (χ2n) is 5.04. The van der Waals surface area contributed by atoms with Crippen molar-refractivity contribution < 1.29 is 9.53 Å². The summed E-state index contributed by atoms with van der Waals surface area (Å²) in [4.78, 5) is 17.1. The third-order valence-electron chi connectivity index (χ3n) is 3.39. The Labute approximate surface area is 172 Å². The zero-order valence-electron chi connectivity index (χ0n) is 13.3. The fraction of sp³-hybridized carbons (Fsp3) is 0.0625. The minimum Gasteiger partial charge on any atom is -0.494 e. The number of nitrogens with one attached hydrogen (secondary N) is 1. The van der Waals surface area contributed by atoms with Gasteiger partial charge in [0.25, 0.3) is 5.91 Å². The molecule has 0 bridgehead atoms. The Morgan fingerprint density at radius 1 is 1.42 bits per heavy atom. The van der Waals surface area contributed by atoms with Crippen LogP contribution in [0.15, 0.2) is 40.9 Å². The van der Waals surface area contributed by atoms with E-state index in [0.29, 0.717) is 31.5 Å². The van der Waals surface area contributed by atoms with Gasteiger partial charge in [0.05, 0.1) is 17.4 Å². The normalized spacial score (nSPS) is 10.6. The maximum absolute atomic E-state index is 12.6. The van der Waals surface area contributed by atoms with E-state index in [9.17, 15) is 4.79 Å². The molecule has 0 saturated carbocycles. The molecule has 0 aliphatic rings. The number of amides is 1. The number of halogens is 2. The number of rotatable bonds is 3. The van der Waals surface area contributed by atoms with Gasteiger partial charge in [-0.1, -0.05) is 29.0 Å². The molecule has 0 aliphatic heterocycles. The number of nitrogens with two attached hydrogens (primary N) is 1. The van der Waals surface area contributed by atoms with Crippen LogP contribution in [-0.2, 0) is 0 Å². The van der Waals surface area contributed by atoms with Crippen LogP contribution < -0.4 is 20.9 Å². The van der Waals surface area contributed by atoms with E-state index >= 15 is 0 Å². The Morgan fingerprint density at radius 3 is 2.85 bits per heavy atom. The van der Waals surface area contributed by atoms with Gasteiger partial charge in [0.1, 0.15) is 11.3 Å². The first-order chi connectivity index (χ1) is 12.4. The minimum absolute atomic E-state index is 0.0403. The lowest BCUT2D eigenvalue weighted by Gasteiger charge is -2.20. The molecule has 0 saturated heterocycles. The predicted molar refractivity (Wildman–Crippen MR) is 112 cm³/mol. The van der Waals surface area contributed by atoms with E-state index < -0.39 is 5.91 Å². The van der Waals surface area contributed by atoms with Crippen molar-refractivity contribution in [3.63, 3.8) is 0 Å². The van der Waals surface area contributed by atoms with Crippen LogP contribution in [0, 0.1) is 0 Å². The number of carbonyl (C=O) groups excluding carboxylic acids is 1. The SMILES string of the molecule is COc1cccc2sc(N(NC(=O)c3ccc(Cl)cc3Br)C(N)=S)nc12. The van der Waals surface area contributed by atoms with Crippen LogP contribution in [0.4, 0.5) is 5.13 Å². The number of para-hydroxylation sites is 1. The molecule has 0 radical (unpaired) electrons. The molecule has 0 spiro atoms. The first-order valence-corrected chi connectivity index (χ1v) is 9.59. The van der Waals surface area contributed by atoms with Gasteiger partial charge in [-0.2, -0.15) is 5.01 Å². The van der Waals surface area contributed by atoms with Crippen LogP contribution in [0.1, 0.15) is 10.4 Å². The average molecular weight is 472 g/mol. The van der Waals surface area contributed by atoms with Gasteiger partial charge < -0.3 is 10.5 Å². The second-order valence-corrected chi connectivity index (χ2v) is 7.76. The number of benzene rings is 2. The molecule has 0 atom stereocenters. The fourth-order valence-corrected chi connectivity index (χ4v) is 4.22. The van der Waals surface area contributed by atoms with Crippen molar-refractivity contribution in [1.29, 1.82) is 0 Å². The predicted octanol–water partition coefficient (Wildman–Crippen LogP) is 4.12. The first kappa shape index (κ1) is 18.8. The molecule has 3 rings (SSSR count). The van der Waals surface area contributed by atoms with Crippen molar-refractivity contribution in [3.05, 3.63) is 51.5 Å². The number of anilines is 1. The summed E-state index contributed by atoms with van der Waals surface area (Å²) in [7, 11) is 1.57. The number of nitrogens with zero attached hydrogens (tertiary/aromatic N) is 2. The summed E-state index contributed by atoms with van der Waals surface area (Å²) in [6.45, 7) is 0. The second kappa shape index (κ2) is 7.75. The smallest absolute Gasteiger partial charge is 0.271 e. The summed E-state index contributed by atoms with van der Waals surface area (Å²) < 4.78 is 6.74. The number of hydrogen-bond donors (Lipinski definition) is 2. The lowest BCUT2D eigenvalue weighted by molar-refractivity contribution is 0.0954. The van der Waals surface area contributed by atoms with Crippen molar-refractivity contribution in [3.8, 4) is 5.75 Å². The summed E-state index contributed by atoms with van der Waals surface area (Å²) in [5.74, 6) is 0.215. The topological polar surface area (TPSA) is 80.5 Å². The first-order valence-electron chi connectivity index (χ1n) is 7.20. The van der Waals surface area contributed by atoms with E-state index in [0.717, 1.165) is 4.70 Å². The van der Waals surface area contributed by atoms with Crippen molar-refractivity contribution in [1.82, 2.24) is 10.4 Å². The van der Waals surface area contributed by atoms with Gasteiger partial charge in [0.15, 0.2) is 5.11 Å². The van der Waals surface area contributed by atoms with Crippen LogP contribution in [0.2, 0.25) is 5.02 Å². The summed E-state index contributed by atoms with van der Waals surface area (Å²) in [6.07, 6.45) is 0. The molecule has 134 valence electrons. The van der Waals surface area contributed by atoms with E-state index in [1.807, 2.05) is 12.1 Å². The van der Waals surface area contributed by atoms with E-state index in [1.54, 1.807) is 31.4 Å². The van der Waals surface area contributed by atoms with Crippen LogP contribution in [0.5, 0.6) is 5.75 Å². The van der Waals surface area contributed by atoms with Crippen LogP contribution in [0.25, 0.3) is 10.2 Å². The molecule has 26 heavy (non-hydrogen) atoms. The highest BCUT2D eigenvalue weighted by Gasteiger charge is 2.21. The van der Waals surface area contributed by atoms with E-state index in [2.05, 4.69) is 26.3 Å². The van der Waals surface area contributed by atoms with E-state index in [1.165, 1.54) is 16.3 Å². The van der Waals surface area contributed by atoms with Gasteiger partial charge in [-0.15, -0.1) is 0 Å². The molecule has 2 aromatic carbocycles. The molecule has 3 aromatic rings. The maximum Gasteiger partial charge on any atom is 0.271 e. The van der Waals surface area contributed by atoms with E-state index in [4.69, 9.17) is 34.3 Å². The Morgan fingerprint density at radius 2 is 2.19 bits per heavy atom. The highest BCUT2D eigenvalue weighted by atomic mass is 79.9. The summed E-state index contributed by atoms with van der Waals surface area (Å²) in [6, 6.07) is 10.4. The summed E-state index contributed by atoms with van der Waals surface area (Å²) >= 11 is 15.6. The van der Waals surface area contributed by atoms with Gasteiger partial charge in [-0.25, -0.2) is 4.98 Å². The molecule has 10 heteroatoms. The number of ether oxygens (including phenoxy) is 1. The Bertz CT molecular complexity index is 1010. The molecular formula is C16H12BrClN4O2S2. The monoisotopic (exact) mass is 470 g/mol. The molecule has 1 heterocycles. The largest absolute Gasteiger partial charge is 0.494 e. The van der Waals surface area contributed by atoms with Gasteiger partial charge in [0, 0.05) is 9.50 Å². The number of methoxy groups -OCH3 is 1.